The molecule has 1 aromatic carbocycles. The molecule has 1 aromatic heterocycles. The van der Waals surface area contributed by atoms with Crippen molar-refractivity contribution in [3.05, 3.63) is 41.2 Å². The van der Waals surface area contributed by atoms with E-state index in [9.17, 15) is 9.90 Å². The summed E-state index contributed by atoms with van der Waals surface area (Å²) in [5.74, 6) is 0.368. The Bertz CT molecular complexity index is 772. The minimum atomic E-state index is -0.882. The van der Waals surface area contributed by atoms with E-state index in [1.807, 2.05) is 36.5 Å². The van der Waals surface area contributed by atoms with Crippen LogP contribution in [-0.4, -0.2) is 46.1 Å². The maximum atomic E-state index is 11.8. The molecular formula is C18H23N3O4. The molecule has 1 aliphatic rings. The third-order valence-electron chi connectivity index (χ3n) is 4.37. The topological polar surface area (TPSA) is 76.8 Å². The van der Waals surface area contributed by atoms with E-state index in [1.54, 1.807) is 18.2 Å². The second kappa shape index (κ2) is 7.14. The molecule has 3 rings (SSSR count). The van der Waals surface area contributed by atoms with E-state index in [2.05, 4.69) is 5.10 Å². The molecule has 7 nitrogen and oxygen atoms in total. The SMILES string of the molecule is Cc1cc(C)n(CCCN(C)[C@H](C(=O)O)c2ccc3c(c2)OCO3)n1. The van der Waals surface area contributed by atoms with Gasteiger partial charge in [-0.2, -0.15) is 5.10 Å². The summed E-state index contributed by atoms with van der Waals surface area (Å²) < 4.78 is 12.6. The first kappa shape index (κ1) is 17.3. The Hall–Kier alpha value is -2.54. The van der Waals surface area contributed by atoms with E-state index < -0.39 is 12.0 Å². The quantitative estimate of drug-likeness (QED) is 0.830. The monoisotopic (exact) mass is 345 g/mol. The number of hydrogen-bond acceptors (Lipinski definition) is 5. The van der Waals surface area contributed by atoms with Crippen molar-refractivity contribution in [2.45, 2.75) is 32.9 Å². The van der Waals surface area contributed by atoms with Gasteiger partial charge in [-0.1, -0.05) is 6.07 Å². The molecule has 1 aliphatic heterocycles. The summed E-state index contributed by atoms with van der Waals surface area (Å²) in [6, 6.07) is 6.60. The second-order valence-electron chi connectivity index (χ2n) is 6.34. The van der Waals surface area contributed by atoms with Crippen molar-refractivity contribution in [3.8, 4) is 11.5 Å². The van der Waals surface area contributed by atoms with E-state index in [0.29, 0.717) is 23.6 Å². The number of likely N-dealkylation sites (N-methyl/N-ethyl adjacent to an activating group) is 1. The van der Waals surface area contributed by atoms with Crippen molar-refractivity contribution in [2.24, 2.45) is 0 Å². The lowest BCUT2D eigenvalue weighted by Crippen LogP contribution is -2.32. The van der Waals surface area contributed by atoms with Crippen LogP contribution in [0, 0.1) is 13.8 Å². The van der Waals surface area contributed by atoms with Crippen LogP contribution in [0.3, 0.4) is 0 Å². The van der Waals surface area contributed by atoms with Gasteiger partial charge in [0, 0.05) is 18.8 Å². The number of carboxylic acid groups (broad SMARTS) is 1. The van der Waals surface area contributed by atoms with E-state index >= 15 is 0 Å². The molecule has 1 atom stereocenters. The molecule has 0 aliphatic carbocycles. The van der Waals surface area contributed by atoms with Crippen molar-refractivity contribution >= 4 is 5.97 Å². The van der Waals surface area contributed by atoms with Crippen molar-refractivity contribution in [3.63, 3.8) is 0 Å². The van der Waals surface area contributed by atoms with Gasteiger partial charge in [0.15, 0.2) is 11.5 Å². The number of ether oxygens (including phenoxy) is 2. The molecule has 0 unspecified atom stereocenters. The number of rotatable bonds is 7. The van der Waals surface area contributed by atoms with Crippen LogP contribution in [0.1, 0.15) is 29.4 Å². The molecule has 0 radical (unpaired) electrons. The standard InChI is InChI=1S/C18H23N3O4/c1-12-9-13(2)21(19-12)8-4-7-20(3)17(18(22)23)14-5-6-15-16(10-14)25-11-24-15/h5-6,9-10,17H,4,7-8,11H2,1-3H3,(H,22,23)/t17-/m0/s1. The number of hydrogen-bond donors (Lipinski definition) is 1. The third kappa shape index (κ3) is 3.76. The van der Waals surface area contributed by atoms with Gasteiger partial charge in [0.05, 0.1) is 5.69 Å². The van der Waals surface area contributed by atoms with Gasteiger partial charge >= 0.3 is 5.97 Å². The Morgan fingerprint density at radius 2 is 2.08 bits per heavy atom. The highest BCUT2D eigenvalue weighted by atomic mass is 16.7. The van der Waals surface area contributed by atoms with E-state index in [0.717, 1.165) is 24.4 Å². The minimum absolute atomic E-state index is 0.176. The summed E-state index contributed by atoms with van der Waals surface area (Å²) in [6.07, 6.45) is 0.812. The molecule has 2 aromatic rings. The zero-order valence-electron chi connectivity index (χ0n) is 14.7. The van der Waals surface area contributed by atoms with Crippen molar-refractivity contribution in [2.75, 3.05) is 20.4 Å². The number of carbonyl (C=O) groups is 1. The maximum Gasteiger partial charge on any atom is 0.325 e. The molecule has 1 N–H and O–H groups in total. The maximum absolute atomic E-state index is 11.8. The Morgan fingerprint density at radius 1 is 1.32 bits per heavy atom. The Labute approximate surface area is 146 Å². The molecule has 0 saturated heterocycles. The normalized spacial score (nSPS) is 14.1. The number of aromatic nitrogens is 2. The Kier molecular flexibility index (Phi) is 4.94. The van der Waals surface area contributed by atoms with Crippen LogP contribution in [0.25, 0.3) is 0 Å². The van der Waals surface area contributed by atoms with Gasteiger partial charge in [0.25, 0.3) is 0 Å². The zero-order chi connectivity index (χ0) is 18.0. The molecule has 134 valence electrons. The van der Waals surface area contributed by atoms with Gasteiger partial charge in [-0.05, 0) is 51.1 Å². The molecule has 25 heavy (non-hydrogen) atoms. The van der Waals surface area contributed by atoms with Crippen LogP contribution in [0.15, 0.2) is 24.3 Å². The fraction of sp³-hybridized carbons (Fsp3) is 0.444. The number of aliphatic carboxylic acids is 1. The molecule has 0 amide bonds. The lowest BCUT2D eigenvalue weighted by Gasteiger charge is -2.25. The van der Waals surface area contributed by atoms with E-state index in [1.165, 1.54) is 0 Å². The fourth-order valence-corrected chi connectivity index (χ4v) is 3.17. The molecule has 7 heteroatoms. The summed E-state index contributed by atoms with van der Waals surface area (Å²) in [7, 11) is 1.82. The van der Waals surface area contributed by atoms with E-state index in [-0.39, 0.29) is 6.79 Å². The summed E-state index contributed by atoms with van der Waals surface area (Å²) >= 11 is 0. The molecule has 2 heterocycles. The van der Waals surface area contributed by atoms with Crippen molar-refractivity contribution < 1.29 is 19.4 Å². The summed E-state index contributed by atoms with van der Waals surface area (Å²) in [4.78, 5) is 13.6. The first-order valence-corrected chi connectivity index (χ1v) is 8.29. The predicted octanol–water partition coefficient (Wildman–Crippen LogP) is 2.38. The Morgan fingerprint density at radius 3 is 2.76 bits per heavy atom. The lowest BCUT2D eigenvalue weighted by molar-refractivity contribution is -0.143. The highest BCUT2D eigenvalue weighted by Gasteiger charge is 2.26. The van der Waals surface area contributed by atoms with Gasteiger partial charge in [-0.25, -0.2) is 0 Å². The molecular weight excluding hydrogens is 322 g/mol. The van der Waals surface area contributed by atoms with Crippen molar-refractivity contribution in [1.82, 2.24) is 14.7 Å². The van der Waals surface area contributed by atoms with E-state index in [4.69, 9.17) is 9.47 Å². The lowest BCUT2D eigenvalue weighted by atomic mass is 10.0. The van der Waals surface area contributed by atoms with Crippen LogP contribution >= 0.6 is 0 Å². The van der Waals surface area contributed by atoms with Crippen LogP contribution in [0.2, 0.25) is 0 Å². The molecule has 0 saturated carbocycles. The number of nitrogens with zero attached hydrogens (tertiary/aromatic N) is 3. The molecule has 0 bridgehead atoms. The zero-order valence-corrected chi connectivity index (χ0v) is 14.7. The largest absolute Gasteiger partial charge is 0.480 e. The highest BCUT2D eigenvalue weighted by Crippen LogP contribution is 2.35. The van der Waals surface area contributed by atoms with Crippen molar-refractivity contribution in [1.29, 1.82) is 0 Å². The Balaban J connectivity index is 1.66. The highest BCUT2D eigenvalue weighted by molar-refractivity contribution is 5.76. The first-order chi connectivity index (χ1) is 12.0. The van der Waals surface area contributed by atoms with Gasteiger partial charge < -0.3 is 14.6 Å². The second-order valence-corrected chi connectivity index (χ2v) is 6.34. The van der Waals surface area contributed by atoms with Gasteiger partial charge in [0.1, 0.15) is 6.04 Å². The summed E-state index contributed by atoms with van der Waals surface area (Å²) in [5.41, 5.74) is 2.80. The van der Waals surface area contributed by atoms with Crippen LogP contribution < -0.4 is 9.47 Å². The number of aryl methyl sites for hydroxylation is 3. The van der Waals surface area contributed by atoms with Crippen LogP contribution in [0.4, 0.5) is 0 Å². The third-order valence-corrected chi connectivity index (χ3v) is 4.37. The fourth-order valence-electron chi connectivity index (χ4n) is 3.17. The average molecular weight is 345 g/mol. The molecule has 0 spiro atoms. The molecule has 0 fully saturated rings. The van der Waals surface area contributed by atoms with Crippen LogP contribution in [0.5, 0.6) is 11.5 Å². The first-order valence-electron chi connectivity index (χ1n) is 8.29. The summed E-state index contributed by atoms with van der Waals surface area (Å²) in [6.45, 7) is 5.57. The van der Waals surface area contributed by atoms with Gasteiger partial charge in [0.2, 0.25) is 6.79 Å². The van der Waals surface area contributed by atoms with Gasteiger partial charge in [-0.15, -0.1) is 0 Å². The summed E-state index contributed by atoms with van der Waals surface area (Å²) in [5, 5.41) is 14.1. The predicted molar refractivity (Wildman–Crippen MR) is 91.9 cm³/mol. The number of fused-ring (bicyclic) bond motifs is 1. The number of benzene rings is 1. The minimum Gasteiger partial charge on any atom is -0.480 e. The average Bonchev–Trinajstić information content (AvgIpc) is 3.13. The van der Waals surface area contributed by atoms with Gasteiger partial charge in [-0.3, -0.25) is 14.4 Å². The van der Waals surface area contributed by atoms with Crippen LogP contribution in [-0.2, 0) is 11.3 Å². The smallest absolute Gasteiger partial charge is 0.325 e. The number of carboxylic acids is 1.